The highest BCUT2D eigenvalue weighted by Gasteiger charge is 2.17. The monoisotopic (exact) mass is 539 g/mol. The quantitative estimate of drug-likeness (QED) is 0.121. The third-order valence-electron chi connectivity index (χ3n) is 5.51. The Labute approximate surface area is 213 Å². The Hall–Kier alpha value is -3.26. The van der Waals surface area contributed by atoms with E-state index in [0.29, 0.717) is 12.1 Å². The number of para-hydroxylation sites is 1. The second kappa shape index (κ2) is 12.4. The molecule has 0 spiro atoms. The molecule has 8 heteroatoms. The first-order valence-corrected chi connectivity index (χ1v) is 12.5. The van der Waals surface area contributed by atoms with Crippen LogP contribution in [0.2, 0.25) is 0 Å². The first kappa shape index (κ1) is 26.3. The van der Waals surface area contributed by atoms with E-state index < -0.39 is 11.9 Å². The van der Waals surface area contributed by atoms with Crippen molar-refractivity contribution in [2.75, 3.05) is 0 Å². The lowest BCUT2D eigenvalue weighted by atomic mass is 10.0. The predicted octanol–water partition coefficient (Wildman–Crippen LogP) is 6.92. The van der Waals surface area contributed by atoms with Gasteiger partial charge in [-0.15, -0.1) is 0 Å². The minimum Gasteiger partial charge on any atom is -0.318 e. The van der Waals surface area contributed by atoms with Crippen molar-refractivity contribution >= 4 is 50.2 Å². The van der Waals surface area contributed by atoms with Crippen molar-refractivity contribution < 1.29 is 19.3 Å². The lowest BCUT2D eigenvalue weighted by Crippen LogP contribution is -2.04. The van der Waals surface area contributed by atoms with Gasteiger partial charge in [-0.1, -0.05) is 60.8 Å². The predicted molar refractivity (Wildman–Crippen MR) is 142 cm³/mol. The first-order chi connectivity index (χ1) is 16.8. The zero-order valence-corrected chi connectivity index (χ0v) is 22.1. The Kier molecular flexibility index (Phi) is 9.37. The summed E-state index contributed by atoms with van der Waals surface area (Å²) in [5.41, 5.74) is 5.03. The van der Waals surface area contributed by atoms with Gasteiger partial charge in [0.05, 0.1) is 22.6 Å². The van der Waals surface area contributed by atoms with Crippen LogP contribution in [0, 0.1) is 0 Å². The van der Waals surface area contributed by atoms with Crippen LogP contribution in [0.1, 0.15) is 70.9 Å². The molecule has 1 heterocycles. The van der Waals surface area contributed by atoms with Crippen LogP contribution >= 0.6 is 15.9 Å². The zero-order valence-electron chi connectivity index (χ0n) is 20.5. The van der Waals surface area contributed by atoms with Gasteiger partial charge in [0.1, 0.15) is 0 Å². The van der Waals surface area contributed by atoms with Crippen molar-refractivity contribution in [1.29, 1.82) is 0 Å². The lowest BCUT2D eigenvalue weighted by molar-refractivity contribution is -0.141. The molecule has 0 bridgehead atoms. The maximum absolute atomic E-state index is 11.5. The molecule has 3 rings (SSSR count). The molecule has 0 fully saturated rings. The fraction of sp³-hybridized carbons (Fsp3) is 0.333. The van der Waals surface area contributed by atoms with E-state index in [1.807, 2.05) is 42.6 Å². The molecule has 1 aromatic heterocycles. The number of hydrogen-bond acceptors (Lipinski definition) is 6. The lowest BCUT2D eigenvalue weighted by Gasteiger charge is -2.10. The summed E-state index contributed by atoms with van der Waals surface area (Å²) in [6.45, 7) is 6.62. The standard InChI is InChI=1S/C27H30BrN3O4/c1-5-6-7-8-12-25(30-35-20(4)33)23-17-31(26-13-10-9-11-22(23)26)27-15-14-21(16-24(27)28)18(2)29-34-19(3)32/h9-11,13-17H,5-8,12H2,1-4H3/b29-18+,30-25+. The second-order valence-electron chi connectivity index (χ2n) is 8.29. The average Bonchev–Trinajstić information content (AvgIpc) is 3.21. The fourth-order valence-electron chi connectivity index (χ4n) is 3.79. The van der Waals surface area contributed by atoms with Gasteiger partial charge in [0.25, 0.3) is 0 Å². The average molecular weight is 540 g/mol. The van der Waals surface area contributed by atoms with Crippen LogP contribution in [0.3, 0.4) is 0 Å². The maximum Gasteiger partial charge on any atom is 0.331 e. The van der Waals surface area contributed by atoms with Gasteiger partial charge in [-0.3, -0.25) is 0 Å². The number of nitrogens with zero attached hydrogens (tertiary/aromatic N) is 3. The second-order valence-corrected chi connectivity index (χ2v) is 9.14. The van der Waals surface area contributed by atoms with Crippen molar-refractivity contribution in [3.8, 4) is 5.69 Å². The number of rotatable bonds is 10. The van der Waals surface area contributed by atoms with E-state index in [1.165, 1.54) is 13.8 Å². The molecule has 0 saturated carbocycles. The van der Waals surface area contributed by atoms with Crippen LogP contribution in [0.15, 0.2) is 63.4 Å². The highest BCUT2D eigenvalue weighted by atomic mass is 79.9. The van der Waals surface area contributed by atoms with Crippen molar-refractivity contribution in [3.05, 3.63) is 64.3 Å². The van der Waals surface area contributed by atoms with Gasteiger partial charge in [0, 0.05) is 41.0 Å². The summed E-state index contributed by atoms with van der Waals surface area (Å²) >= 11 is 3.69. The molecule has 3 aromatic rings. The molecule has 0 N–H and O–H groups in total. The molecule has 0 atom stereocenters. The van der Waals surface area contributed by atoms with E-state index in [2.05, 4.69) is 43.8 Å². The van der Waals surface area contributed by atoms with Gasteiger partial charge < -0.3 is 14.2 Å². The third kappa shape index (κ3) is 6.88. The molecule has 0 radical (unpaired) electrons. The third-order valence-corrected chi connectivity index (χ3v) is 6.15. The summed E-state index contributed by atoms with van der Waals surface area (Å²) in [6.07, 6.45) is 7.11. The van der Waals surface area contributed by atoms with Gasteiger partial charge in [0.15, 0.2) is 0 Å². The molecule has 0 aliphatic carbocycles. The molecule has 0 unspecified atom stereocenters. The molecule has 0 aliphatic heterocycles. The highest BCUT2D eigenvalue weighted by molar-refractivity contribution is 9.10. The summed E-state index contributed by atoms with van der Waals surface area (Å²) in [7, 11) is 0. The number of benzene rings is 2. The number of halogens is 1. The molecular formula is C27H30BrN3O4. The minimum absolute atomic E-state index is 0.441. The van der Waals surface area contributed by atoms with E-state index in [4.69, 9.17) is 9.68 Å². The summed E-state index contributed by atoms with van der Waals surface area (Å²) < 4.78 is 2.94. The molecule has 2 aromatic carbocycles. The van der Waals surface area contributed by atoms with Crippen molar-refractivity contribution in [2.45, 2.75) is 59.8 Å². The number of carbonyl (C=O) groups excluding carboxylic acids is 2. The zero-order chi connectivity index (χ0) is 25.4. The van der Waals surface area contributed by atoms with Crippen LogP contribution < -0.4 is 0 Å². The molecule has 184 valence electrons. The normalized spacial score (nSPS) is 12.1. The van der Waals surface area contributed by atoms with Crippen LogP contribution in [0.4, 0.5) is 0 Å². The Morgan fingerprint density at radius 1 is 0.943 bits per heavy atom. The Bertz CT molecular complexity index is 1280. The summed E-state index contributed by atoms with van der Waals surface area (Å²) in [6, 6.07) is 13.9. The number of aromatic nitrogens is 1. The number of unbranched alkanes of at least 4 members (excludes halogenated alkanes) is 3. The Morgan fingerprint density at radius 2 is 1.66 bits per heavy atom. The van der Waals surface area contributed by atoms with Gasteiger partial charge in [-0.05, 0) is 53.9 Å². The number of oxime groups is 2. The first-order valence-electron chi connectivity index (χ1n) is 11.7. The SMILES string of the molecule is CCCCCC/C(=N\OC(C)=O)c1cn(-c2ccc(/C(C)=N/OC(C)=O)cc2Br)c2ccccc12. The Balaban J connectivity index is 2.05. The Morgan fingerprint density at radius 3 is 2.34 bits per heavy atom. The number of fused-ring (bicyclic) bond motifs is 1. The number of hydrogen-bond donors (Lipinski definition) is 0. The van der Waals surface area contributed by atoms with Crippen LogP contribution in [-0.4, -0.2) is 27.9 Å². The highest BCUT2D eigenvalue weighted by Crippen LogP contribution is 2.31. The molecule has 35 heavy (non-hydrogen) atoms. The smallest absolute Gasteiger partial charge is 0.318 e. The van der Waals surface area contributed by atoms with E-state index >= 15 is 0 Å². The molecule has 0 amide bonds. The van der Waals surface area contributed by atoms with E-state index in [1.54, 1.807) is 6.92 Å². The van der Waals surface area contributed by atoms with E-state index in [9.17, 15) is 9.59 Å². The van der Waals surface area contributed by atoms with Gasteiger partial charge >= 0.3 is 11.9 Å². The van der Waals surface area contributed by atoms with Crippen LogP contribution in [-0.2, 0) is 19.3 Å². The molecule has 7 nitrogen and oxygen atoms in total. The topological polar surface area (TPSA) is 82.2 Å². The summed E-state index contributed by atoms with van der Waals surface area (Å²) in [5.74, 6) is -0.906. The van der Waals surface area contributed by atoms with Crippen LogP contribution in [0.25, 0.3) is 16.6 Å². The largest absolute Gasteiger partial charge is 0.331 e. The van der Waals surface area contributed by atoms with Gasteiger partial charge in [0.2, 0.25) is 0 Å². The van der Waals surface area contributed by atoms with Gasteiger partial charge in [-0.25, -0.2) is 9.59 Å². The van der Waals surface area contributed by atoms with Crippen molar-refractivity contribution in [1.82, 2.24) is 4.57 Å². The minimum atomic E-state index is -0.465. The fourth-order valence-corrected chi connectivity index (χ4v) is 4.36. The van der Waals surface area contributed by atoms with E-state index in [-0.39, 0.29) is 0 Å². The molecule has 0 saturated heterocycles. The number of carbonyl (C=O) groups is 2. The van der Waals surface area contributed by atoms with Crippen molar-refractivity contribution in [2.24, 2.45) is 10.3 Å². The molecular weight excluding hydrogens is 510 g/mol. The van der Waals surface area contributed by atoms with Crippen molar-refractivity contribution in [3.63, 3.8) is 0 Å². The maximum atomic E-state index is 11.5. The van der Waals surface area contributed by atoms with Gasteiger partial charge in [-0.2, -0.15) is 0 Å². The summed E-state index contributed by atoms with van der Waals surface area (Å²) in [5, 5.41) is 9.13. The van der Waals surface area contributed by atoms with Crippen LogP contribution in [0.5, 0.6) is 0 Å². The summed E-state index contributed by atoms with van der Waals surface area (Å²) in [4.78, 5) is 32.4. The van der Waals surface area contributed by atoms with E-state index in [0.717, 1.165) is 63.6 Å². The molecule has 0 aliphatic rings.